The van der Waals surface area contributed by atoms with Crippen LogP contribution in [0.2, 0.25) is 0 Å². The molecule has 2 aromatic rings. The number of aromatic nitrogens is 1. The Bertz CT molecular complexity index is 679. The van der Waals surface area contributed by atoms with E-state index in [-0.39, 0.29) is 23.9 Å². The maximum absolute atomic E-state index is 12.8. The second kappa shape index (κ2) is 6.60. The molecule has 5 nitrogen and oxygen atoms in total. The lowest BCUT2D eigenvalue weighted by Crippen LogP contribution is -2.33. The summed E-state index contributed by atoms with van der Waals surface area (Å²) in [5, 5.41) is 3.72. The Balaban J connectivity index is 2.37. The van der Waals surface area contributed by atoms with E-state index in [1.807, 2.05) is 30.3 Å². The maximum Gasteiger partial charge on any atom is 0.248 e. The first-order valence-electron chi connectivity index (χ1n) is 6.49. The van der Waals surface area contributed by atoms with Gasteiger partial charge in [-0.2, -0.15) is 4.31 Å². The number of aryl methyl sites for hydroxylation is 2. The second-order valence-electron chi connectivity index (χ2n) is 4.67. The van der Waals surface area contributed by atoms with Gasteiger partial charge in [0, 0.05) is 19.0 Å². The lowest BCUT2D eigenvalue weighted by molar-refractivity contribution is 0.388. The molecule has 0 aliphatic carbocycles. The molecule has 21 heavy (non-hydrogen) atoms. The molecule has 1 heterocycles. The van der Waals surface area contributed by atoms with E-state index in [9.17, 15) is 8.42 Å². The fourth-order valence-electron chi connectivity index (χ4n) is 2.14. The van der Waals surface area contributed by atoms with Gasteiger partial charge in [-0.25, -0.2) is 8.42 Å². The molecule has 0 N–H and O–H groups in total. The highest BCUT2D eigenvalue weighted by atomic mass is 35.5. The van der Waals surface area contributed by atoms with Crippen molar-refractivity contribution in [2.75, 3.05) is 12.4 Å². The van der Waals surface area contributed by atoms with Crippen molar-refractivity contribution in [1.29, 1.82) is 0 Å². The molecule has 0 saturated heterocycles. The Kier molecular flexibility index (Phi) is 5.03. The van der Waals surface area contributed by atoms with Gasteiger partial charge in [0.2, 0.25) is 10.0 Å². The second-order valence-corrected chi connectivity index (χ2v) is 6.92. The normalized spacial score (nSPS) is 12.0. The largest absolute Gasteiger partial charge is 0.360 e. The minimum absolute atomic E-state index is 0.128. The number of hydrogen-bond acceptors (Lipinski definition) is 4. The fraction of sp³-hybridized carbons (Fsp3) is 0.357. The van der Waals surface area contributed by atoms with Gasteiger partial charge in [-0.1, -0.05) is 35.5 Å². The van der Waals surface area contributed by atoms with Crippen molar-refractivity contribution in [2.24, 2.45) is 0 Å². The first kappa shape index (κ1) is 16.0. The van der Waals surface area contributed by atoms with Crippen LogP contribution in [-0.4, -0.2) is 30.3 Å². The zero-order valence-electron chi connectivity index (χ0n) is 11.9. The summed E-state index contributed by atoms with van der Waals surface area (Å²) in [6, 6.07) is 9.39. The smallest absolute Gasteiger partial charge is 0.248 e. The van der Waals surface area contributed by atoms with E-state index in [4.69, 9.17) is 16.1 Å². The molecular weight excluding hydrogens is 312 g/mol. The van der Waals surface area contributed by atoms with E-state index in [2.05, 4.69) is 5.16 Å². The summed E-state index contributed by atoms with van der Waals surface area (Å²) in [4.78, 5) is 0.128. The molecule has 0 fully saturated rings. The van der Waals surface area contributed by atoms with Gasteiger partial charge in [-0.05, 0) is 19.4 Å². The Morgan fingerprint density at radius 2 is 1.90 bits per heavy atom. The van der Waals surface area contributed by atoms with Crippen LogP contribution in [-0.2, 0) is 16.6 Å². The Labute approximate surface area is 129 Å². The number of hydrogen-bond donors (Lipinski definition) is 0. The number of alkyl halides is 1. The standard InChI is InChI=1S/C14H17ClN2O3S/c1-11-14(12(2)20-16-11)21(18,19)17(9-8-15)10-13-6-4-3-5-7-13/h3-7H,8-10H2,1-2H3. The van der Waals surface area contributed by atoms with Gasteiger partial charge in [-0.15, -0.1) is 11.6 Å². The number of nitrogens with zero attached hydrogens (tertiary/aromatic N) is 2. The summed E-state index contributed by atoms with van der Waals surface area (Å²) in [6.07, 6.45) is 0. The van der Waals surface area contributed by atoms with Gasteiger partial charge in [0.15, 0.2) is 5.76 Å². The quantitative estimate of drug-likeness (QED) is 0.765. The predicted molar refractivity (Wildman–Crippen MR) is 80.7 cm³/mol. The topological polar surface area (TPSA) is 63.4 Å². The van der Waals surface area contributed by atoms with E-state index in [1.54, 1.807) is 13.8 Å². The summed E-state index contributed by atoms with van der Waals surface area (Å²) in [6.45, 7) is 3.70. The van der Waals surface area contributed by atoms with Crippen LogP contribution in [0.5, 0.6) is 0 Å². The summed E-state index contributed by atoms with van der Waals surface area (Å²) in [5.74, 6) is 0.509. The van der Waals surface area contributed by atoms with E-state index >= 15 is 0 Å². The van der Waals surface area contributed by atoms with Crippen LogP contribution in [0.1, 0.15) is 17.0 Å². The first-order chi connectivity index (χ1) is 9.96. The minimum Gasteiger partial charge on any atom is -0.360 e. The van der Waals surface area contributed by atoms with E-state index in [0.717, 1.165) is 5.56 Å². The van der Waals surface area contributed by atoms with E-state index in [1.165, 1.54) is 4.31 Å². The molecule has 0 amide bonds. The molecule has 2 rings (SSSR count). The minimum atomic E-state index is -3.69. The third-order valence-electron chi connectivity index (χ3n) is 3.10. The molecule has 0 spiro atoms. The fourth-order valence-corrected chi connectivity index (χ4v) is 4.16. The van der Waals surface area contributed by atoms with Gasteiger partial charge in [0.1, 0.15) is 10.6 Å². The van der Waals surface area contributed by atoms with Crippen molar-refractivity contribution in [3.05, 3.63) is 47.3 Å². The highest BCUT2D eigenvalue weighted by molar-refractivity contribution is 7.89. The van der Waals surface area contributed by atoms with Crippen molar-refractivity contribution >= 4 is 21.6 Å². The Hall–Kier alpha value is -1.37. The van der Waals surface area contributed by atoms with Crippen LogP contribution in [0.3, 0.4) is 0 Å². The predicted octanol–water partition coefficient (Wildman–Crippen LogP) is 2.72. The van der Waals surface area contributed by atoms with Gasteiger partial charge in [-0.3, -0.25) is 0 Å². The molecule has 0 atom stereocenters. The monoisotopic (exact) mass is 328 g/mol. The van der Waals surface area contributed by atoms with Crippen LogP contribution < -0.4 is 0 Å². The molecule has 1 aromatic heterocycles. The molecule has 0 aliphatic rings. The van der Waals surface area contributed by atoms with E-state index < -0.39 is 10.0 Å². The summed E-state index contributed by atoms with van der Waals surface area (Å²) in [5.41, 5.74) is 1.26. The molecule has 1 aromatic carbocycles. The van der Waals surface area contributed by atoms with Gasteiger partial charge < -0.3 is 4.52 Å². The summed E-state index contributed by atoms with van der Waals surface area (Å²) < 4.78 is 31.9. The van der Waals surface area contributed by atoms with Crippen molar-refractivity contribution in [3.8, 4) is 0 Å². The van der Waals surface area contributed by atoms with Gasteiger partial charge >= 0.3 is 0 Å². The van der Waals surface area contributed by atoms with Crippen LogP contribution in [0.25, 0.3) is 0 Å². The van der Waals surface area contributed by atoms with Crippen molar-refractivity contribution in [2.45, 2.75) is 25.3 Å². The summed E-state index contributed by atoms with van der Waals surface area (Å²) in [7, 11) is -3.69. The molecule has 0 aliphatic heterocycles. The number of halogens is 1. The van der Waals surface area contributed by atoms with Crippen molar-refractivity contribution < 1.29 is 12.9 Å². The molecule has 114 valence electrons. The third-order valence-corrected chi connectivity index (χ3v) is 5.36. The molecule has 0 unspecified atom stereocenters. The summed E-state index contributed by atoms with van der Waals surface area (Å²) >= 11 is 5.76. The third kappa shape index (κ3) is 3.45. The SMILES string of the molecule is Cc1noc(C)c1S(=O)(=O)N(CCCl)Cc1ccccc1. The van der Waals surface area contributed by atoms with Crippen LogP contribution in [0.15, 0.2) is 39.8 Å². The number of rotatable bonds is 6. The average molecular weight is 329 g/mol. The highest BCUT2D eigenvalue weighted by Crippen LogP contribution is 2.24. The average Bonchev–Trinajstić information content (AvgIpc) is 2.79. The lowest BCUT2D eigenvalue weighted by Gasteiger charge is -2.21. The van der Waals surface area contributed by atoms with Crippen molar-refractivity contribution in [3.63, 3.8) is 0 Å². The molecule has 0 bridgehead atoms. The number of benzene rings is 1. The number of sulfonamides is 1. The Morgan fingerprint density at radius 1 is 1.24 bits per heavy atom. The molecule has 0 radical (unpaired) electrons. The zero-order chi connectivity index (χ0) is 15.5. The van der Waals surface area contributed by atoms with E-state index in [0.29, 0.717) is 11.5 Å². The van der Waals surface area contributed by atoms with Gasteiger partial charge in [0.05, 0.1) is 0 Å². The van der Waals surface area contributed by atoms with Crippen LogP contribution >= 0.6 is 11.6 Å². The Morgan fingerprint density at radius 3 is 2.43 bits per heavy atom. The lowest BCUT2D eigenvalue weighted by atomic mass is 10.2. The molecular formula is C14H17ClN2O3S. The maximum atomic E-state index is 12.8. The van der Waals surface area contributed by atoms with Crippen molar-refractivity contribution in [1.82, 2.24) is 9.46 Å². The molecule has 7 heteroatoms. The zero-order valence-corrected chi connectivity index (χ0v) is 13.5. The van der Waals surface area contributed by atoms with Crippen LogP contribution in [0.4, 0.5) is 0 Å². The molecule has 0 saturated carbocycles. The van der Waals surface area contributed by atoms with Crippen LogP contribution in [0, 0.1) is 13.8 Å². The van der Waals surface area contributed by atoms with Gasteiger partial charge in [0.25, 0.3) is 0 Å². The highest BCUT2D eigenvalue weighted by Gasteiger charge is 2.30. The first-order valence-corrected chi connectivity index (χ1v) is 8.47.